The Bertz CT molecular complexity index is 623. The minimum atomic E-state index is -3.03. The normalized spacial score (nSPS) is 22.1. The Hall–Kier alpha value is -1.41. The highest BCUT2D eigenvalue weighted by molar-refractivity contribution is 7.91. The van der Waals surface area contributed by atoms with E-state index in [1.165, 1.54) is 0 Å². The SMILES string of the molecule is CCc1cc(NC(=O)CC2CS(=O)(=O)CCN2C)n(C)n1. The lowest BCUT2D eigenvalue weighted by Crippen LogP contribution is -2.47. The second-order valence-electron chi connectivity index (χ2n) is 5.50. The van der Waals surface area contributed by atoms with Crippen molar-refractivity contribution >= 4 is 21.6 Å². The summed E-state index contributed by atoms with van der Waals surface area (Å²) >= 11 is 0. The maximum absolute atomic E-state index is 12.1. The van der Waals surface area contributed by atoms with Crippen LogP contribution in [0, 0.1) is 0 Å². The zero-order chi connectivity index (χ0) is 15.6. The number of hydrogen-bond donors (Lipinski definition) is 1. The average Bonchev–Trinajstić information content (AvgIpc) is 2.74. The molecule has 0 saturated carbocycles. The van der Waals surface area contributed by atoms with Gasteiger partial charge in [0.2, 0.25) is 5.91 Å². The highest BCUT2D eigenvalue weighted by Crippen LogP contribution is 2.15. The second kappa shape index (κ2) is 6.15. The maximum atomic E-state index is 12.1. The fraction of sp³-hybridized carbons (Fsp3) is 0.692. The van der Waals surface area contributed by atoms with Crippen LogP contribution in [-0.4, -0.2) is 60.1 Å². The highest BCUT2D eigenvalue weighted by atomic mass is 32.2. The summed E-state index contributed by atoms with van der Waals surface area (Å²) < 4.78 is 25.0. The number of nitrogens with zero attached hydrogens (tertiary/aromatic N) is 3. The van der Waals surface area contributed by atoms with E-state index in [2.05, 4.69) is 10.4 Å². The lowest BCUT2D eigenvalue weighted by atomic mass is 10.2. The predicted octanol–water partition coefficient (Wildman–Crippen LogP) is 0.0399. The molecule has 118 valence electrons. The number of sulfone groups is 1. The van der Waals surface area contributed by atoms with E-state index in [4.69, 9.17) is 0 Å². The Kier molecular flexibility index (Phi) is 4.67. The van der Waals surface area contributed by atoms with Gasteiger partial charge in [-0.05, 0) is 13.5 Å². The Morgan fingerprint density at radius 3 is 2.81 bits per heavy atom. The summed E-state index contributed by atoms with van der Waals surface area (Å²) in [7, 11) is 0.592. The summed E-state index contributed by atoms with van der Waals surface area (Å²) in [6, 6.07) is 1.57. The third kappa shape index (κ3) is 4.04. The number of carbonyl (C=O) groups excluding carboxylic acids is 1. The topological polar surface area (TPSA) is 84.3 Å². The lowest BCUT2D eigenvalue weighted by molar-refractivity contribution is -0.117. The molecule has 1 aromatic heterocycles. The van der Waals surface area contributed by atoms with Gasteiger partial charge in [-0.15, -0.1) is 0 Å². The molecule has 0 radical (unpaired) electrons. The summed E-state index contributed by atoms with van der Waals surface area (Å²) in [5, 5.41) is 7.06. The van der Waals surface area contributed by atoms with Crippen LogP contribution in [0.5, 0.6) is 0 Å². The number of aryl methyl sites for hydroxylation is 2. The number of carbonyl (C=O) groups is 1. The summed E-state index contributed by atoms with van der Waals surface area (Å²) in [5.74, 6) is 0.666. The fourth-order valence-electron chi connectivity index (χ4n) is 2.41. The summed E-state index contributed by atoms with van der Waals surface area (Å²) in [5.41, 5.74) is 0.908. The van der Waals surface area contributed by atoms with E-state index in [0.29, 0.717) is 12.4 Å². The van der Waals surface area contributed by atoms with Crippen LogP contribution < -0.4 is 5.32 Å². The minimum absolute atomic E-state index is 0.0442. The van der Waals surface area contributed by atoms with Crippen LogP contribution in [-0.2, 0) is 28.1 Å². The molecule has 0 aliphatic carbocycles. The van der Waals surface area contributed by atoms with Crippen molar-refractivity contribution < 1.29 is 13.2 Å². The van der Waals surface area contributed by atoms with Crippen LogP contribution in [0.4, 0.5) is 5.82 Å². The predicted molar refractivity (Wildman–Crippen MR) is 80.9 cm³/mol. The van der Waals surface area contributed by atoms with Gasteiger partial charge in [0.15, 0.2) is 9.84 Å². The van der Waals surface area contributed by atoms with Crippen molar-refractivity contribution in [1.29, 1.82) is 0 Å². The van der Waals surface area contributed by atoms with Crippen molar-refractivity contribution in [1.82, 2.24) is 14.7 Å². The van der Waals surface area contributed by atoms with E-state index in [0.717, 1.165) is 12.1 Å². The van der Waals surface area contributed by atoms with Gasteiger partial charge in [-0.2, -0.15) is 5.10 Å². The number of nitrogens with one attached hydrogen (secondary N) is 1. The van der Waals surface area contributed by atoms with Gasteiger partial charge in [0.25, 0.3) is 0 Å². The Labute approximate surface area is 125 Å². The largest absolute Gasteiger partial charge is 0.311 e. The second-order valence-corrected chi connectivity index (χ2v) is 7.73. The fourth-order valence-corrected chi connectivity index (χ4v) is 4.10. The van der Waals surface area contributed by atoms with Crippen LogP contribution in [0.3, 0.4) is 0 Å². The van der Waals surface area contributed by atoms with Crippen molar-refractivity contribution in [2.45, 2.75) is 25.8 Å². The third-order valence-electron chi connectivity index (χ3n) is 3.81. The molecule has 1 saturated heterocycles. The standard InChI is InChI=1S/C13H22N4O3S/c1-4-10-7-12(17(3)15-10)14-13(18)8-11-9-21(19,20)6-5-16(11)2/h7,11H,4-6,8-9H2,1-3H3,(H,14,18). The van der Waals surface area contributed by atoms with Crippen LogP contribution in [0.15, 0.2) is 6.07 Å². The van der Waals surface area contributed by atoms with E-state index in [-0.39, 0.29) is 29.9 Å². The summed E-state index contributed by atoms with van der Waals surface area (Å²) in [6.45, 7) is 2.47. The minimum Gasteiger partial charge on any atom is -0.311 e. The Morgan fingerprint density at radius 2 is 2.19 bits per heavy atom. The van der Waals surface area contributed by atoms with Gasteiger partial charge in [0.05, 0.1) is 17.2 Å². The smallest absolute Gasteiger partial charge is 0.227 e. The third-order valence-corrected chi connectivity index (χ3v) is 5.50. The van der Waals surface area contributed by atoms with Crippen LogP contribution in [0.2, 0.25) is 0 Å². The van der Waals surface area contributed by atoms with E-state index in [1.807, 2.05) is 24.9 Å². The van der Waals surface area contributed by atoms with E-state index < -0.39 is 9.84 Å². The van der Waals surface area contributed by atoms with Crippen molar-refractivity contribution in [3.63, 3.8) is 0 Å². The Balaban J connectivity index is 1.99. The van der Waals surface area contributed by atoms with Gasteiger partial charge in [-0.1, -0.05) is 6.92 Å². The number of hydrogen-bond acceptors (Lipinski definition) is 5. The van der Waals surface area contributed by atoms with Gasteiger partial charge in [0.1, 0.15) is 5.82 Å². The zero-order valence-electron chi connectivity index (χ0n) is 12.7. The monoisotopic (exact) mass is 314 g/mol. The lowest BCUT2D eigenvalue weighted by Gasteiger charge is -2.31. The molecule has 1 amide bonds. The van der Waals surface area contributed by atoms with E-state index in [1.54, 1.807) is 11.7 Å². The van der Waals surface area contributed by atoms with Gasteiger partial charge in [-0.3, -0.25) is 9.48 Å². The molecule has 1 fully saturated rings. The maximum Gasteiger partial charge on any atom is 0.227 e. The molecule has 2 rings (SSSR count). The van der Waals surface area contributed by atoms with Crippen molar-refractivity contribution in [3.05, 3.63) is 11.8 Å². The first-order valence-electron chi connectivity index (χ1n) is 7.04. The molecule has 0 spiro atoms. The summed E-state index contributed by atoms with van der Waals surface area (Å²) in [4.78, 5) is 14.0. The van der Waals surface area contributed by atoms with Crippen LogP contribution in [0.1, 0.15) is 19.0 Å². The summed E-state index contributed by atoms with van der Waals surface area (Å²) in [6.07, 6.45) is 0.968. The molecule has 1 aliphatic rings. The number of rotatable bonds is 4. The van der Waals surface area contributed by atoms with Crippen molar-refractivity contribution in [2.75, 3.05) is 30.4 Å². The average molecular weight is 314 g/mol. The Morgan fingerprint density at radius 1 is 1.48 bits per heavy atom. The number of anilines is 1. The van der Waals surface area contributed by atoms with Gasteiger partial charge in [-0.25, -0.2) is 8.42 Å². The van der Waals surface area contributed by atoms with Gasteiger partial charge >= 0.3 is 0 Å². The quantitative estimate of drug-likeness (QED) is 0.848. The van der Waals surface area contributed by atoms with Crippen molar-refractivity contribution in [2.24, 2.45) is 7.05 Å². The number of amides is 1. The molecule has 21 heavy (non-hydrogen) atoms. The molecule has 2 heterocycles. The molecule has 1 aromatic rings. The van der Waals surface area contributed by atoms with Crippen molar-refractivity contribution in [3.8, 4) is 0 Å². The first-order valence-corrected chi connectivity index (χ1v) is 8.86. The molecular formula is C13H22N4O3S. The molecule has 1 atom stereocenters. The first-order chi connectivity index (χ1) is 9.80. The first kappa shape index (κ1) is 16.0. The highest BCUT2D eigenvalue weighted by Gasteiger charge is 2.30. The van der Waals surface area contributed by atoms with E-state index in [9.17, 15) is 13.2 Å². The van der Waals surface area contributed by atoms with Gasteiger partial charge in [0, 0.05) is 32.1 Å². The van der Waals surface area contributed by atoms with Crippen LogP contribution >= 0.6 is 0 Å². The van der Waals surface area contributed by atoms with Gasteiger partial charge < -0.3 is 10.2 Å². The number of aromatic nitrogens is 2. The zero-order valence-corrected chi connectivity index (χ0v) is 13.5. The molecular weight excluding hydrogens is 292 g/mol. The molecule has 1 aliphatic heterocycles. The molecule has 7 nitrogen and oxygen atoms in total. The van der Waals surface area contributed by atoms with E-state index >= 15 is 0 Å². The molecule has 0 bridgehead atoms. The molecule has 1 N–H and O–H groups in total. The molecule has 1 unspecified atom stereocenters. The van der Waals surface area contributed by atoms with Crippen LogP contribution in [0.25, 0.3) is 0 Å². The molecule has 8 heteroatoms. The molecule has 0 aromatic carbocycles.